The SMILES string of the molecule is C/C=C\C(=C/CC)[C@H]1CCc2cc(O)ccc2[C@H]1c1ccc(N2CC(CN(C)C3CCC(N4Cc5cc(C)c(C(=O)N(C)C(CCC=O)C(=O)NC)cc5C4)CC3)C2)cc1. The molecule has 7 rings (SSSR count). The highest BCUT2D eigenvalue weighted by atomic mass is 16.3. The molecule has 2 fully saturated rings. The molecule has 2 heterocycles. The van der Waals surface area contributed by atoms with Crippen LogP contribution in [-0.4, -0.2) is 96.8 Å². The van der Waals surface area contributed by atoms with Crippen LogP contribution in [0, 0.1) is 18.8 Å². The van der Waals surface area contributed by atoms with E-state index in [4.69, 9.17) is 0 Å². The molecule has 1 unspecified atom stereocenters. The van der Waals surface area contributed by atoms with Crippen LogP contribution in [0.2, 0.25) is 0 Å². The van der Waals surface area contributed by atoms with Crippen LogP contribution in [0.4, 0.5) is 5.69 Å². The summed E-state index contributed by atoms with van der Waals surface area (Å²) >= 11 is 0. The quantitative estimate of drug-likeness (QED) is 0.118. The Morgan fingerprint density at radius 3 is 2.33 bits per heavy atom. The second kappa shape index (κ2) is 19.3. The van der Waals surface area contributed by atoms with E-state index in [2.05, 4.69) is 95.5 Å². The highest BCUT2D eigenvalue weighted by Crippen LogP contribution is 2.46. The molecule has 2 aliphatic heterocycles. The van der Waals surface area contributed by atoms with Crippen molar-refractivity contribution < 1.29 is 19.5 Å². The number of amides is 2. The molecule has 0 spiro atoms. The topological polar surface area (TPSA) is 96.4 Å². The van der Waals surface area contributed by atoms with Gasteiger partial charge in [-0.1, -0.05) is 49.4 Å². The maximum absolute atomic E-state index is 13.7. The van der Waals surface area contributed by atoms with Gasteiger partial charge in [-0.3, -0.25) is 14.5 Å². The highest BCUT2D eigenvalue weighted by Gasteiger charge is 2.36. The van der Waals surface area contributed by atoms with Crippen LogP contribution in [0.1, 0.15) is 115 Å². The molecule has 9 heteroatoms. The van der Waals surface area contributed by atoms with Crippen LogP contribution in [0.25, 0.3) is 0 Å². The van der Waals surface area contributed by atoms with Crippen LogP contribution in [0.5, 0.6) is 5.75 Å². The molecule has 0 bridgehead atoms. The Balaban J connectivity index is 0.902. The fourth-order valence-corrected chi connectivity index (χ4v) is 10.9. The molecule has 3 aromatic rings. The number of anilines is 1. The molecule has 3 aromatic carbocycles. The molecule has 0 aromatic heterocycles. The molecule has 2 N–H and O–H groups in total. The third-order valence-electron chi connectivity index (χ3n) is 14.2. The van der Waals surface area contributed by atoms with Crippen molar-refractivity contribution in [3.8, 4) is 5.75 Å². The Morgan fingerprint density at radius 2 is 1.67 bits per heavy atom. The Labute approximate surface area is 358 Å². The lowest BCUT2D eigenvalue weighted by atomic mass is 9.68. The van der Waals surface area contributed by atoms with Gasteiger partial charge in [0.1, 0.15) is 18.1 Å². The largest absolute Gasteiger partial charge is 0.508 e. The monoisotopic (exact) mass is 814 g/mol. The number of fused-ring (bicyclic) bond motifs is 2. The fourth-order valence-electron chi connectivity index (χ4n) is 10.9. The lowest BCUT2D eigenvalue weighted by Crippen LogP contribution is -2.53. The predicted molar refractivity (Wildman–Crippen MR) is 241 cm³/mol. The minimum atomic E-state index is -0.686. The number of rotatable bonds is 15. The van der Waals surface area contributed by atoms with Gasteiger partial charge in [-0.15, -0.1) is 0 Å². The molecule has 1 saturated carbocycles. The average molecular weight is 814 g/mol. The van der Waals surface area contributed by atoms with Gasteiger partial charge in [0.15, 0.2) is 0 Å². The van der Waals surface area contributed by atoms with E-state index < -0.39 is 6.04 Å². The lowest BCUT2D eigenvalue weighted by molar-refractivity contribution is -0.125. The van der Waals surface area contributed by atoms with Gasteiger partial charge in [0.25, 0.3) is 5.91 Å². The molecule has 1 saturated heterocycles. The van der Waals surface area contributed by atoms with E-state index in [-0.39, 0.29) is 24.2 Å². The molecule has 9 nitrogen and oxygen atoms in total. The van der Waals surface area contributed by atoms with Crippen LogP contribution in [-0.2, 0) is 29.1 Å². The molecular formula is C51H67N5O4. The highest BCUT2D eigenvalue weighted by molar-refractivity contribution is 5.98. The van der Waals surface area contributed by atoms with Crippen molar-refractivity contribution in [2.24, 2.45) is 11.8 Å². The number of aryl methyl sites for hydroxylation is 2. The second-order valence-corrected chi connectivity index (χ2v) is 18.0. The average Bonchev–Trinajstić information content (AvgIpc) is 3.66. The van der Waals surface area contributed by atoms with Gasteiger partial charge in [0.05, 0.1) is 0 Å². The second-order valence-electron chi connectivity index (χ2n) is 18.0. The van der Waals surface area contributed by atoms with Crippen molar-refractivity contribution in [1.29, 1.82) is 0 Å². The van der Waals surface area contributed by atoms with Gasteiger partial charge in [-0.05, 0) is 147 Å². The van der Waals surface area contributed by atoms with Crippen molar-refractivity contribution in [1.82, 2.24) is 20.0 Å². The van der Waals surface area contributed by atoms with E-state index >= 15 is 0 Å². The Morgan fingerprint density at radius 1 is 0.950 bits per heavy atom. The molecule has 0 radical (unpaired) electrons. The van der Waals surface area contributed by atoms with Crippen LogP contribution in [0.3, 0.4) is 0 Å². The number of carbonyl (C=O) groups excluding carboxylic acids is 3. The summed E-state index contributed by atoms with van der Waals surface area (Å²) in [6, 6.07) is 20.0. The summed E-state index contributed by atoms with van der Waals surface area (Å²) in [6.45, 7) is 11.4. The van der Waals surface area contributed by atoms with Gasteiger partial charge < -0.3 is 29.9 Å². The smallest absolute Gasteiger partial charge is 0.254 e. The van der Waals surface area contributed by atoms with E-state index in [1.54, 1.807) is 14.1 Å². The summed E-state index contributed by atoms with van der Waals surface area (Å²) in [4.78, 5) is 46.6. The number of phenols is 1. The zero-order valence-corrected chi connectivity index (χ0v) is 36.8. The number of aromatic hydroxyl groups is 1. The van der Waals surface area contributed by atoms with Crippen molar-refractivity contribution in [3.63, 3.8) is 0 Å². The van der Waals surface area contributed by atoms with E-state index in [9.17, 15) is 19.5 Å². The normalized spacial score (nSPS) is 22.6. The third kappa shape index (κ3) is 9.27. The summed E-state index contributed by atoms with van der Waals surface area (Å²) in [6.07, 6.45) is 16.0. The molecule has 60 heavy (non-hydrogen) atoms. The van der Waals surface area contributed by atoms with Crippen molar-refractivity contribution >= 4 is 23.8 Å². The van der Waals surface area contributed by atoms with E-state index in [1.165, 1.54) is 69.7 Å². The number of nitrogens with zero attached hydrogens (tertiary/aromatic N) is 4. The van der Waals surface area contributed by atoms with Crippen molar-refractivity contribution in [3.05, 3.63) is 117 Å². The number of likely N-dealkylation sites (N-methyl/N-ethyl adjacent to an activating group) is 2. The van der Waals surface area contributed by atoms with Gasteiger partial charge in [0, 0.05) is 88.4 Å². The van der Waals surface area contributed by atoms with Crippen LogP contribution in [0.15, 0.2) is 78.4 Å². The number of allylic oxidation sites excluding steroid dienone is 4. The maximum Gasteiger partial charge on any atom is 0.254 e. The minimum Gasteiger partial charge on any atom is -0.508 e. The van der Waals surface area contributed by atoms with E-state index in [0.717, 1.165) is 63.8 Å². The summed E-state index contributed by atoms with van der Waals surface area (Å²) < 4.78 is 0. The van der Waals surface area contributed by atoms with Crippen molar-refractivity contribution in [2.75, 3.05) is 45.7 Å². The number of carbonyl (C=O) groups is 3. The standard InChI is InChI=1S/C51H67N5O4/c1-7-10-36(11-8-2)45-23-15-38-27-44(58)22-24-46(38)49(45)37-13-16-42(17-14-37)55-30-35(31-55)29-53(5)41-18-20-43(21-19-41)56-32-39-26-34(3)47(28-40(39)33-56)51(60)54(6)48(12-9-25-57)50(59)52-4/h7,10-11,13-14,16-17,22,24-28,35,41,43,45,48-49,58H,8-9,12,15,18-21,23,29-33H2,1-6H3,(H,52,59)/b10-7-,36-11+/t41?,43?,45-,48?,49+/m1/s1. The summed E-state index contributed by atoms with van der Waals surface area (Å²) in [7, 11) is 5.55. The zero-order chi connectivity index (χ0) is 42.5. The first kappa shape index (κ1) is 43.4. The lowest BCUT2D eigenvalue weighted by Gasteiger charge is -2.45. The summed E-state index contributed by atoms with van der Waals surface area (Å²) in [5.74, 6) is 1.27. The number of aldehydes is 1. The molecule has 2 aliphatic carbocycles. The van der Waals surface area contributed by atoms with Gasteiger partial charge >= 0.3 is 0 Å². The van der Waals surface area contributed by atoms with E-state index in [1.807, 2.05) is 25.1 Å². The van der Waals surface area contributed by atoms with Gasteiger partial charge in [0.2, 0.25) is 5.91 Å². The van der Waals surface area contributed by atoms with E-state index in [0.29, 0.717) is 41.7 Å². The number of benzene rings is 3. The first-order valence-electron chi connectivity index (χ1n) is 22.5. The fraction of sp³-hybridized carbons (Fsp3) is 0.510. The first-order valence-corrected chi connectivity index (χ1v) is 22.5. The Bertz CT molecular complexity index is 2060. The van der Waals surface area contributed by atoms with Gasteiger partial charge in [-0.25, -0.2) is 0 Å². The Kier molecular flexibility index (Phi) is 14.0. The predicted octanol–water partition coefficient (Wildman–Crippen LogP) is 8.17. The van der Waals surface area contributed by atoms with Crippen molar-refractivity contribution in [2.45, 2.75) is 116 Å². The molecule has 4 aliphatic rings. The molecule has 3 atom stereocenters. The summed E-state index contributed by atoms with van der Waals surface area (Å²) in [5, 5.41) is 12.9. The third-order valence-corrected chi connectivity index (χ3v) is 14.2. The number of phenolic OH excluding ortho intramolecular Hbond substituents is 1. The maximum atomic E-state index is 13.7. The minimum absolute atomic E-state index is 0.179. The zero-order valence-electron chi connectivity index (χ0n) is 36.8. The molecule has 2 amide bonds. The summed E-state index contributed by atoms with van der Waals surface area (Å²) in [5.41, 5.74) is 10.8. The number of nitrogens with one attached hydrogen (secondary N) is 1. The number of hydrogen-bond acceptors (Lipinski definition) is 7. The number of hydrogen-bond donors (Lipinski definition) is 2. The molecule has 320 valence electrons. The van der Waals surface area contributed by atoms with Crippen LogP contribution >= 0.6 is 0 Å². The van der Waals surface area contributed by atoms with Crippen LogP contribution < -0.4 is 10.2 Å². The molecular weight excluding hydrogens is 747 g/mol. The Hall–Kier alpha value is -4.73. The first-order chi connectivity index (χ1) is 29.0. The van der Waals surface area contributed by atoms with Gasteiger partial charge in [-0.2, -0.15) is 0 Å².